The first kappa shape index (κ1) is 26.5. The molecule has 4 rings (SSSR count). The Morgan fingerprint density at radius 2 is 1.50 bits per heavy atom. The summed E-state index contributed by atoms with van der Waals surface area (Å²) < 4.78 is 5.40. The van der Waals surface area contributed by atoms with Gasteiger partial charge in [-0.05, 0) is 59.2 Å². The van der Waals surface area contributed by atoms with Crippen LogP contribution in [0.2, 0.25) is 0 Å². The van der Waals surface area contributed by atoms with Crippen LogP contribution in [0.5, 0.6) is 5.75 Å². The molecule has 0 saturated carbocycles. The highest BCUT2D eigenvalue weighted by Gasteiger charge is 2.37. The van der Waals surface area contributed by atoms with Crippen molar-refractivity contribution in [2.45, 2.75) is 103 Å². The third-order valence-corrected chi connectivity index (χ3v) is 8.10. The summed E-state index contributed by atoms with van der Waals surface area (Å²) in [5, 5.41) is 0. The van der Waals surface area contributed by atoms with Crippen LogP contribution in [0.15, 0.2) is 54.1 Å². The fourth-order valence-electron chi connectivity index (χ4n) is 6.08. The van der Waals surface area contributed by atoms with Crippen molar-refractivity contribution >= 4 is 11.5 Å². The SMILES string of the molecule is CCCCCCCCCCCCCC(=O)N1CCC2=C(Cc3ccccc32)C1c1ccc(OC)cc1. The van der Waals surface area contributed by atoms with Crippen LogP contribution in [0.25, 0.3) is 5.57 Å². The van der Waals surface area contributed by atoms with Crippen LogP contribution in [0.1, 0.15) is 113 Å². The van der Waals surface area contributed by atoms with Crippen molar-refractivity contribution in [3.63, 3.8) is 0 Å². The molecule has 1 aliphatic heterocycles. The molecule has 0 fully saturated rings. The van der Waals surface area contributed by atoms with E-state index in [1.807, 2.05) is 12.1 Å². The number of carbonyl (C=O) groups excluding carboxylic acids is 1. The largest absolute Gasteiger partial charge is 0.497 e. The topological polar surface area (TPSA) is 29.5 Å². The molecule has 0 radical (unpaired) electrons. The number of amides is 1. The lowest BCUT2D eigenvalue weighted by Gasteiger charge is -2.38. The molecule has 1 heterocycles. The number of hydrogen-bond donors (Lipinski definition) is 0. The third-order valence-electron chi connectivity index (χ3n) is 8.10. The standard InChI is InChI=1S/C33H45NO2/c1-3-4-5-6-7-8-9-10-11-12-13-18-32(35)34-24-23-30-29-17-15-14-16-27(29)25-31(30)33(34)26-19-21-28(36-2)22-20-26/h14-17,19-22,33H,3-13,18,23-25H2,1-2H3. The molecule has 3 nitrogen and oxygen atoms in total. The van der Waals surface area contributed by atoms with E-state index < -0.39 is 0 Å². The van der Waals surface area contributed by atoms with Crippen molar-refractivity contribution in [1.29, 1.82) is 0 Å². The molecular weight excluding hydrogens is 442 g/mol. The lowest BCUT2D eigenvalue weighted by Crippen LogP contribution is -2.39. The van der Waals surface area contributed by atoms with Gasteiger partial charge in [-0.25, -0.2) is 0 Å². The Labute approximate surface area is 218 Å². The molecule has 1 amide bonds. The summed E-state index contributed by atoms with van der Waals surface area (Å²) in [4.78, 5) is 15.7. The maximum Gasteiger partial charge on any atom is 0.223 e. The summed E-state index contributed by atoms with van der Waals surface area (Å²) in [6.45, 7) is 3.08. The van der Waals surface area contributed by atoms with Gasteiger partial charge in [-0.15, -0.1) is 0 Å². The zero-order valence-electron chi connectivity index (χ0n) is 22.6. The van der Waals surface area contributed by atoms with Crippen molar-refractivity contribution in [2.24, 2.45) is 0 Å². The summed E-state index contributed by atoms with van der Waals surface area (Å²) in [5.41, 5.74) is 6.87. The number of hydrogen-bond acceptors (Lipinski definition) is 2. The lowest BCUT2D eigenvalue weighted by atomic mass is 9.88. The van der Waals surface area contributed by atoms with Crippen LogP contribution in [0, 0.1) is 0 Å². The monoisotopic (exact) mass is 487 g/mol. The minimum atomic E-state index is 0.0345. The Hall–Kier alpha value is -2.55. The van der Waals surface area contributed by atoms with E-state index in [1.165, 1.54) is 92.0 Å². The predicted molar refractivity (Wildman–Crippen MR) is 150 cm³/mol. The zero-order valence-corrected chi connectivity index (χ0v) is 22.6. The minimum Gasteiger partial charge on any atom is -0.497 e. The highest BCUT2D eigenvalue weighted by molar-refractivity contribution is 5.83. The minimum absolute atomic E-state index is 0.0345. The molecular formula is C33H45NO2. The summed E-state index contributed by atoms with van der Waals surface area (Å²) in [6.07, 6.45) is 16.9. The molecule has 1 atom stereocenters. The van der Waals surface area contributed by atoms with Gasteiger partial charge in [-0.2, -0.15) is 0 Å². The van der Waals surface area contributed by atoms with Gasteiger partial charge in [-0.1, -0.05) is 108 Å². The number of nitrogens with zero attached hydrogens (tertiary/aromatic N) is 1. The number of carbonyl (C=O) groups is 1. The molecule has 2 aliphatic rings. The van der Waals surface area contributed by atoms with Crippen molar-refractivity contribution < 1.29 is 9.53 Å². The van der Waals surface area contributed by atoms with Crippen molar-refractivity contribution in [1.82, 2.24) is 4.90 Å². The molecule has 0 aromatic heterocycles. The highest BCUT2D eigenvalue weighted by Crippen LogP contribution is 2.47. The molecule has 0 saturated heterocycles. The van der Waals surface area contributed by atoms with E-state index in [2.05, 4.69) is 48.2 Å². The third kappa shape index (κ3) is 6.60. The van der Waals surface area contributed by atoms with Gasteiger partial charge in [-0.3, -0.25) is 4.79 Å². The van der Waals surface area contributed by atoms with E-state index in [-0.39, 0.29) is 6.04 Å². The molecule has 36 heavy (non-hydrogen) atoms. The van der Waals surface area contributed by atoms with Gasteiger partial charge < -0.3 is 9.64 Å². The second-order valence-electron chi connectivity index (χ2n) is 10.6. The first-order valence-electron chi connectivity index (χ1n) is 14.5. The zero-order chi connectivity index (χ0) is 25.2. The Morgan fingerprint density at radius 3 is 2.17 bits per heavy atom. The van der Waals surface area contributed by atoms with E-state index in [9.17, 15) is 4.79 Å². The number of benzene rings is 2. The van der Waals surface area contributed by atoms with Crippen LogP contribution in [0.3, 0.4) is 0 Å². The first-order chi connectivity index (χ1) is 17.7. The Kier molecular flexibility index (Phi) is 10.1. The molecule has 2 aromatic carbocycles. The van der Waals surface area contributed by atoms with Gasteiger partial charge >= 0.3 is 0 Å². The number of ether oxygens (including phenoxy) is 1. The highest BCUT2D eigenvalue weighted by atomic mass is 16.5. The maximum absolute atomic E-state index is 13.5. The van der Waals surface area contributed by atoms with Gasteiger partial charge in [0.05, 0.1) is 13.2 Å². The van der Waals surface area contributed by atoms with Crippen molar-refractivity contribution in [3.05, 3.63) is 70.8 Å². The Morgan fingerprint density at radius 1 is 0.861 bits per heavy atom. The summed E-state index contributed by atoms with van der Waals surface area (Å²) in [5.74, 6) is 1.17. The number of methoxy groups -OCH3 is 1. The van der Waals surface area contributed by atoms with Crippen molar-refractivity contribution in [3.8, 4) is 5.75 Å². The normalized spacial score (nSPS) is 16.7. The van der Waals surface area contributed by atoms with E-state index in [4.69, 9.17) is 4.74 Å². The molecule has 194 valence electrons. The molecule has 1 unspecified atom stereocenters. The molecule has 1 aliphatic carbocycles. The molecule has 0 bridgehead atoms. The molecule has 2 aromatic rings. The fourth-order valence-corrected chi connectivity index (χ4v) is 6.08. The molecule has 0 N–H and O–H groups in total. The smallest absolute Gasteiger partial charge is 0.223 e. The number of unbranched alkanes of at least 4 members (excludes halogenated alkanes) is 10. The Balaban J connectivity index is 1.32. The van der Waals surface area contributed by atoms with E-state index in [1.54, 1.807) is 7.11 Å². The lowest BCUT2D eigenvalue weighted by molar-refractivity contribution is -0.133. The first-order valence-corrected chi connectivity index (χ1v) is 14.5. The predicted octanol–water partition coefficient (Wildman–Crippen LogP) is 8.68. The molecule has 3 heteroatoms. The van der Waals surface area contributed by atoms with Gasteiger partial charge in [0.25, 0.3) is 0 Å². The van der Waals surface area contributed by atoms with E-state index in [0.717, 1.165) is 31.6 Å². The second kappa shape index (κ2) is 13.7. The van der Waals surface area contributed by atoms with Gasteiger partial charge in [0.2, 0.25) is 5.91 Å². The number of rotatable bonds is 14. The van der Waals surface area contributed by atoms with Gasteiger partial charge in [0, 0.05) is 13.0 Å². The Bertz CT molecular complexity index is 1010. The summed E-state index contributed by atoms with van der Waals surface area (Å²) >= 11 is 0. The van der Waals surface area contributed by atoms with E-state index in [0.29, 0.717) is 12.3 Å². The van der Waals surface area contributed by atoms with Crippen LogP contribution in [-0.2, 0) is 11.2 Å². The van der Waals surface area contributed by atoms with Crippen LogP contribution >= 0.6 is 0 Å². The average Bonchev–Trinajstić information content (AvgIpc) is 3.30. The quantitative estimate of drug-likeness (QED) is 0.249. The molecule has 0 spiro atoms. The number of fused-ring (bicyclic) bond motifs is 2. The van der Waals surface area contributed by atoms with Crippen LogP contribution in [-0.4, -0.2) is 24.5 Å². The van der Waals surface area contributed by atoms with E-state index >= 15 is 0 Å². The summed E-state index contributed by atoms with van der Waals surface area (Å²) in [7, 11) is 1.70. The average molecular weight is 488 g/mol. The van der Waals surface area contributed by atoms with Crippen molar-refractivity contribution in [2.75, 3.05) is 13.7 Å². The maximum atomic E-state index is 13.5. The van der Waals surface area contributed by atoms with Crippen LogP contribution in [0.4, 0.5) is 0 Å². The van der Waals surface area contributed by atoms with Crippen LogP contribution < -0.4 is 4.74 Å². The fraction of sp³-hybridized carbons (Fsp3) is 0.545. The second-order valence-corrected chi connectivity index (χ2v) is 10.6. The van der Waals surface area contributed by atoms with Gasteiger partial charge in [0.1, 0.15) is 5.75 Å². The summed E-state index contributed by atoms with van der Waals surface area (Å²) in [6, 6.07) is 17.2. The van der Waals surface area contributed by atoms with Gasteiger partial charge in [0.15, 0.2) is 0 Å².